The molecule has 0 amide bonds. The van der Waals surface area contributed by atoms with Crippen LogP contribution in [-0.4, -0.2) is 58.9 Å². The van der Waals surface area contributed by atoms with E-state index >= 15 is 0 Å². The first-order chi connectivity index (χ1) is 11.3. The van der Waals surface area contributed by atoms with Gasteiger partial charge in [-0.05, 0) is 31.9 Å². The van der Waals surface area contributed by atoms with Crippen molar-refractivity contribution in [3.8, 4) is 0 Å². The number of hydrogen-bond acceptors (Lipinski definition) is 6. The zero-order valence-corrected chi connectivity index (χ0v) is 15.3. The van der Waals surface area contributed by atoms with Crippen molar-refractivity contribution in [1.82, 2.24) is 5.32 Å². The van der Waals surface area contributed by atoms with Gasteiger partial charge in [-0.2, -0.15) is 0 Å². The molecule has 0 saturated carbocycles. The molecule has 0 radical (unpaired) electrons. The number of sulfone groups is 2. The van der Waals surface area contributed by atoms with Crippen molar-refractivity contribution < 1.29 is 21.6 Å². The summed E-state index contributed by atoms with van der Waals surface area (Å²) in [6.45, 7) is 3.07. The predicted octanol–water partition coefficient (Wildman–Crippen LogP) is 0.703. The second kappa shape index (κ2) is 6.74. The first-order valence-electron chi connectivity index (χ1n) is 8.14. The van der Waals surface area contributed by atoms with Gasteiger partial charge >= 0.3 is 0 Å². The van der Waals surface area contributed by atoms with Crippen molar-refractivity contribution in [2.24, 2.45) is 0 Å². The van der Waals surface area contributed by atoms with Gasteiger partial charge in [-0.1, -0.05) is 17.7 Å². The Balaban J connectivity index is 1.80. The summed E-state index contributed by atoms with van der Waals surface area (Å²) in [4.78, 5) is 0.180. The molecule has 1 aromatic carbocycles. The molecular formula is C16H23NO5S2. The molecule has 0 unspecified atom stereocenters. The number of nitrogens with one attached hydrogen (secondary N) is 1. The van der Waals surface area contributed by atoms with Gasteiger partial charge in [0.2, 0.25) is 0 Å². The molecule has 0 bridgehead atoms. The quantitative estimate of drug-likeness (QED) is 0.817. The van der Waals surface area contributed by atoms with Crippen molar-refractivity contribution in [1.29, 1.82) is 0 Å². The summed E-state index contributed by atoms with van der Waals surface area (Å²) in [5.74, 6) is -0.470. The zero-order valence-electron chi connectivity index (χ0n) is 13.6. The average molecular weight is 373 g/mol. The van der Waals surface area contributed by atoms with Gasteiger partial charge in [-0.3, -0.25) is 0 Å². The van der Waals surface area contributed by atoms with E-state index in [0.717, 1.165) is 18.4 Å². The number of rotatable bonds is 5. The summed E-state index contributed by atoms with van der Waals surface area (Å²) >= 11 is 0. The third kappa shape index (κ3) is 3.82. The Morgan fingerprint density at radius 3 is 2.54 bits per heavy atom. The Labute approximate surface area is 143 Å². The van der Waals surface area contributed by atoms with Gasteiger partial charge < -0.3 is 10.1 Å². The highest BCUT2D eigenvalue weighted by Crippen LogP contribution is 2.26. The first kappa shape index (κ1) is 17.8. The monoisotopic (exact) mass is 373 g/mol. The van der Waals surface area contributed by atoms with Gasteiger partial charge in [0.15, 0.2) is 19.7 Å². The molecule has 2 aliphatic heterocycles. The van der Waals surface area contributed by atoms with Crippen LogP contribution in [0.3, 0.4) is 0 Å². The lowest BCUT2D eigenvalue weighted by atomic mass is 10.2. The Kier molecular flexibility index (Phi) is 5.01. The van der Waals surface area contributed by atoms with Crippen LogP contribution in [0.25, 0.3) is 0 Å². The molecule has 2 fully saturated rings. The fraction of sp³-hybridized carbons (Fsp3) is 0.625. The molecule has 3 atom stereocenters. The van der Waals surface area contributed by atoms with Crippen molar-refractivity contribution in [3.63, 3.8) is 0 Å². The molecule has 2 heterocycles. The van der Waals surface area contributed by atoms with Gasteiger partial charge in [-0.25, -0.2) is 16.8 Å². The Bertz CT molecular complexity index is 780. The van der Waals surface area contributed by atoms with Crippen LogP contribution in [0.15, 0.2) is 29.2 Å². The highest BCUT2D eigenvalue weighted by atomic mass is 32.2. The van der Waals surface area contributed by atoms with Gasteiger partial charge in [0, 0.05) is 19.2 Å². The molecule has 3 rings (SSSR count). The Hall–Kier alpha value is -0.960. The Morgan fingerprint density at radius 2 is 1.92 bits per heavy atom. The van der Waals surface area contributed by atoms with E-state index in [2.05, 4.69) is 5.32 Å². The van der Waals surface area contributed by atoms with E-state index in [-0.39, 0.29) is 22.5 Å². The van der Waals surface area contributed by atoms with E-state index in [1.165, 1.54) is 0 Å². The lowest BCUT2D eigenvalue weighted by molar-refractivity contribution is 0.108. The molecular weight excluding hydrogens is 350 g/mol. The van der Waals surface area contributed by atoms with Crippen LogP contribution in [0, 0.1) is 6.92 Å². The second-order valence-electron chi connectivity index (χ2n) is 6.62. The lowest BCUT2D eigenvalue weighted by Gasteiger charge is -2.21. The molecule has 6 nitrogen and oxygen atoms in total. The third-order valence-electron chi connectivity index (χ3n) is 4.68. The maximum absolute atomic E-state index is 12.9. The van der Waals surface area contributed by atoms with Crippen LogP contribution in [0.5, 0.6) is 0 Å². The van der Waals surface area contributed by atoms with Gasteiger partial charge in [0.25, 0.3) is 0 Å². The minimum Gasteiger partial charge on any atom is -0.377 e. The van der Waals surface area contributed by atoms with Crippen LogP contribution >= 0.6 is 0 Å². The van der Waals surface area contributed by atoms with Crippen LogP contribution in [0.1, 0.15) is 18.4 Å². The van der Waals surface area contributed by atoms with E-state index in [0.29, 0.717) is 13.2 Å². The van der Waals surface area contributed by atoms with Crippen LogP contribution in [0.4, 0.5) is 0 Å². The van der Waals surface area contributed by atoms with Crippen molar-refractivity contribution in [2.75, 3.05) is 24.7 Å². The molecule has 0 spiro atoms. The van der Waals surface area contributed by atoms with E-state index in [1.54, 1.807) is 24.3 Å². The number of aryl methyl sites for hydroxylation is 1. The molecule has 0 aliphatic carbocycles. The van der Waals surface area contributed by atoms with Gasteiger partial charge in [0.1, 0.15) is 0 Å². The summed E-state index contributed by atoms with van der Waals surface area (Å²) in [6.07, 6.45) is 1.94. The molecule has 134 valence electrons. The van der Waals surface area contributed by atoms with Crippen LogP contribution in [0.2, 0.25) is 0 Å². The first-order valence-corrected chi connectivity index (χ1v) is 11.5. The van der Waals surface area contributed by atoms with E-state index in [1.807, 2.05) is 6.92 Å². The zero-order chi connectivity index (χ0) is 17.4. The van der Waals surface area contributed by atoms with E-state index in [4.69, 9.17) is 4.74 Å². The molecule has 1 N–H and O–H groups in total. The van der Waals surface area contributed by atoms with Crippen molar-refractivity contribution in [3.05, 3.63) is 29.8 Å². The fourth-order valence-corrected chi connectivity index (χ4v) is 8.02. The Morgan fingerprint density at radius 1 is 1.21 bits per heavy atom. The lowest BCUT2D eigenvalue weighted by Crippen LogP contribution is -2.45. The minimum absolute atomic E-state index is 0.0380. The largest absolute Gasteiger partial charge is 0.377 e. The summed E-state index contributed by atoms with van der Waals surface area (Å²) < 4.78 is 55.4. The molecule has 2 aliphatic rings. The highest BCUT2D eigenvalue weighted by molar-refractivity contribution is 7.96. The second-order valence-corrected chi connectivity index (χ2v) is 10.9. The number of benzene rings is 1. The van der Waals surface area contributed by atoms with Gasteiger partial charge in [0.05, 0.1) is 27.8 Å². The average Bonchev–Trinajstić information content (AvgIpc) is 3.13. The SMILES string of the molecule is Cc1ccc(S(=O)(=O)[C@H]2CS(=O)(=O)C[C@@H]2NC[C@@H]2CCCO2)cc1. The molecule has 8 heteroatoms. The van der Waals surface area contributed by atoms with Gasteiger partial charge in [-0.15, -0.1) is 0 Å². The number of ether oxygens (including phenoxy) is 1. The highest BCUT2D eigenvalue weighted by Gasteiger charge is 2.45. The van der Waals surface area contributed by atoms with Crippen molar-refractivity contribution in [2.45, 2.75) is 42.1 Å². The molecule has 24 heavy (non-hydrogen) atoms. The van der Waals surface area contributed by atoms with Crippen LogP contribution in [-0.2, 0) is 24.4 Å². The summed E-state index contributed by atoms with van der Waals surface area (Å²) in [6, 6.07) is 5.96. The van der Waals surface area contributed by atoms with Crippen LogP contribution < -0.4 is 5.32 Å². The smallest absolute Gasteiger partial charge is 0.183 e. The maximum Gasteiger partial charge on any atom is 0.183 e. The molecule has 0 aromatic heterocycles. The standard InChI is InChI=1S/C16H23NO5S2/c1-12-4-6-14(7-5-12)24(20,21)16-11-23(18,19)10-15(16)17-9-13-3-2-8-22-13/h4-7,13,15-17H,2-3,8-11H2,1H3/t13-,15-,16-/m0/s1. The fourth-order valence-electron chi connectivity index (χ4n) is 3.30. The normalized spacial score (nSPS) is 29.8. The minimum atomic E-state index is -3.70. The predicted molar refractivity (Wildman–Crippen MR) is 91.6 cm³/mol. The molecule has 1 aromatic rings. The van der Waals surface area contributed by atoms with E-state index in [9.17, 15) is 16.8 Å². The molecule has 2 saturated heterocycles. The maximum atomic E-state index is 12.9. The van der Waals surface area contributed by atoms with E-state index < -0.39 is 31.0 Å². The summed E-state index contributed by atoms with van der Waals surface area (Å²) in [5.41, 5.74) is 0.959. The summed E-state index contributed by atoms with van der Waals surface area (Å²) in [5, 5.41) is 2.18. The third-order valence-corrected chi connectivity index (χ3v) is 8.85. The number of hydrogen-bond donors (Lipinski definition) is 1. The van der Waals surface area contributed by atoms with Crippen molar-refractivity contribution >= 4 is 19.7 Å². The topological polar surface area (TPSA) is 89.5 Å². The summed E-state index contributed by atoms with van der Waals surface area (Å²) in [7, 11) is -7.08.